The number of ether oxygens (including phenoxy) is 1. The van der Waals surface area contributed by atoms with Crippen LogP contribution in [0.25, 0.3) is 0 Å². The van der Waals surface area contributed by atoms with E-state index in [9.17, 15) is 0 Å². The van der Waals surface area contributed by atoms with Gasteiger partial charge in [0.15, 0.2) is 0 Å². The number of nitrogens with two attached hydrogens (primary N) is 1. The van der Waals surface area contributed by atoms with E-state index in [2.05, 4.69) is 40.6 Å². The van der Waals surface area contributed by atoms with Gasteiger partial charge in [0.2, 0.25) is 11.9 Å². The molecule has 2 N–H and O–H groups in total. The minimum atomic E-state index is 0.0114. The Morgan fingerprint density at radius 1 is 1.15 bits per heavy atom. The minimum absolute atomic E-state index is 0.0114. The van der Waals surface area contributed by atoms with Crippen LogP contribution in [0.15, 0.2) is 0 Å². The molecule has 0 saturated heterocycles. The highest BCUT2D eigenvalue weighted by Gasteiger charge is 2.18. The van der Waals surface area contributed by atoms with E-state index in [-0.39, 0.29) is 12.1 Å². The van der Waals surface area contributed by atoms with E-state index in [1.54, 1.807) is 0 Å². The molecule has 0 spiro atoms. The second kappa shape index (κ2) is 7.87. The molecule has 6 nitrogen and oxygen atoms in total. The second-order valence-electron chi connectivity index (χ2n) is 5.25. The lowest BCUT2D eigenvalue weighted by atomic mass is 10.2. The molecule has 0 aliphatic rings. The third kappa shape index (κ3) is 4.83. The molecule has 0 aliphatic carbocycles. The van der Waals surface area contributed by atoms with Crippen molar-refractivity contribution in [3.8, 4) is 6.01 Å². The number of unbranched alkanes of at least 4 members (excludes halogenated alkanes) is 1. The highest BCUT2D eigenvalue weighted by molar-refractivity contribution is 5.37. The molecule has 1 aromatic heterocycles. The first-order valence-corrected chi connectivity index (χ1v) is 7.42. The Balaban J connectivity index is 3.01. The van der Waals surface area contributed by atoms with Crippen molar-refractivity contribution in [2.24, 2.45) is 0 Å². The van der Waals surface area contributed by atoms with Crippen LogP contribution in [0.2, 0.25) is 0 Å². The lowest BCUT2D eigenvalue weighted by Gasteiger charge is -2.28. The van der Waals surface area contributed by atoms with Crippen LogP contribution >= 0.6 is 0 Å². The maximum atomic E-state index is 5.77. The zero-order valence-corrected chi connectivity index (χ0v) is 13.3. The summed E-state index contributed by atoms with van der Waals surface area (Å²) in [5.41, 5.74) is 5.77. The summed E-state index contributed by atoms with van der Waals surface area (Å²) in [7, 11) is 0. The molecule has 6 heteroatoms. The van der Waals surface area contributed by atoms with Gasteiger partial charge in [0, 0.05) is 12.6 Å². The van der Waals surface area contributed by atoms with E-state index >= 15 is 0 Å². The van der Waals surface area contributed by atoms with Crippen LogP contribution in [0.5, 0.6) is 6.01 Å². The number of anilines is 2. The summed E-state index contributed by atoms with van der Waals surface area (Å²) >= 11 is 0. The Labute approximate surface area is 121 Å². The predicted octanol–water partition coefficient (Wildman–Crippen LogP) is 2.65. The van der Waals surface area contributed by atoms with Gasteiger partial charge < -0.3 is 15.4 Å². The van der Waals surface area contributed by atoms with Crippen LogP contribution in [0, 0.1) is 0 Å². The van der Waals surface area contributed by atoms with Gasteiger partial charge in [0.1, 0.15) is 0 Å². The number of aromatic nitrogens is 3. The Hall–Kier alpha value is -1.59. The molecule has 114 valence electrons. The molecule has 0 aliphatic heterocycles. The third-order valence-corrected chi connectivity index (χ3v) is 3.09. The Morgan fingerprint density at radius 3 is 2.40 bits per heavy atom. The van der Waals surface area contributed by atoms with Crippen molar-refractivity contribution in [3.05, 3.63) is 0 Å². The molecular weight excluding hydrogens is 254 g/mol. The molecule has 0 radical (unpaired) electrons. The zero-order chi connectivity index (χ0) is 15.1. The van der Waals surface area contributed by atoms with Crippen molar-refractivity contribution in [2.45, 2.75) is 66.0 Å². The number of hydrogen-bond acceptors (Lipinski definition) is 6. The van der Waals surface area contributed by atoms with Gasteiger partial charge >= 0.3 is 6.01 Å². The molecule has 0 bridgehead atoms. The first-order chi connectivity index (χ1) is 9.47. The molecule has 1 rings (SSSR count). The molecule has 1 aromatic rings. The second-order valence-corrected chi connectivity index (χ2v) is 5.25. The standard InChI is InChI=1S/C14H27N5O/c1-6-8-9-19(11(5)7-2)13-16-12(15)17-14(18-13)20-10(3)4/h10-11H,6-9H2,1-5H3,(H2,15,16,17,18). The number of nitrogen functional groups attached to an aromatic ring is 1. The van der Waals surface area contributed by atoms with Gasteiger partial charge in [-0.1, -0.05) is 20.3 Å². The van der Waals surface area contributed by atoms with Crippen molar-refractivity contribution in [1.29, 1.82) is 0 Å². The van der Waals surface area contributed by atoms with Gasteiger partial charge in [0.25, 0.3) is 0 Å². The van der Waals surface area contributed by atoms with Crippen molar-refractivity contribution in [3.63, 3.8) is 0 Å². The molecule has 20 heavy (non-hydrogen) atoms. The van der Waals surface area contributed by atoms with Crippen LogP contribution in [0.1, 0.15) is 53.9 Å². The van der Waals surface area contributed by atoms with E-state index < -0.39 is 0 Å². The summed E-state index contributed by atoms with van der Waals surface area (Å²) in [5.74, 6) is 0.811. The average Bonchev–Trinajstić information content (AvgIpc) is 2.37. The largest absolute Gasteiger partial charge is 0.461 e. The smallest absolute Gasteiger partial charge is 0.323 e. The summed E-state index contributed by atoms with van der Waals surface area (Å²) in [6, 6.07) is 0.655. The van der Waals surface area contributed by atoms with Crippen LogP contribution < -0.4 is 15.4 Å². The Bertz CT molecular complexity index is 411. The van der Waals surface area contributed by atoms with Gasteiger partial charge in [-0.05, 0) is 33.6 Å². The lowest BCUT2D eigenvalue weighted by molar-refractivity contribution is 0.222. The fourth-order valence-corrected chi connectivity index (χ4v) is 1.82. The van der Waals surface area contributed by atoms with Crippen LogP contribution in [0.4, 0.5) is 11.9 Å². The van der Waals surface area contributed by atoms with Crippen molar-refractivity contribution < 1.29 is 4.74 Å². The van der Waals surface area contributed by atoms with E-state index in [0.29, 0.717) is 18.0 Å². The summed E-state index contributed by atoms with van der Waals surface area (Å²) < 4.78 is 5.53. The van der Waals surface area contributed by atoms with E-state index in [4.69, 9.17) is 10.5 Å². The fourth-order valence-electron chi connectivity index (χ4n) is 1.82. The molecule has 1 heterocycles. The zero-order valence-electron chi connectivity index (χ0n) is 13.3. The van der Waals surface area contributed by atoms with Gasteiger partial charge in [-0.3, -0.25) is 0 Å². The molecule has 0 saturated carbocycles. The van der Waals surface area contributed by atoms with Crippen LogP contribution in [-0.4, -0.2) is 33.6 Å². The molecule has 0 amide bonds. The number of nitrogens with zero attached hydrogens (tertiary/aromatic N) is 4. The monoisotopic (exact) mass is 281 g/mol. The first-order valence-electron chi connectivity index (χ1n) is 7.42. The highest BCUT2D eigenvalue weighted by Crippen LogP contribution is 2.18. The third-order valence-electron chi connectivity index (χ3n) is 3.09. The SMILES string of the molecule is CCCCN(c1nc(N)nc(OC(C)C)n1)C(C)CC. The quantitative estimate of drug-likeness (QED) is 0.789. The number of hydrogen-bond donors (Lipinski definition) is 1. The van der Waals surface area contributed by atoms with E-state index in [1.165, 1.54) is 0 Å². The van der Waals surface area contributed by atoms with Gasteiger partial charge in [-0.15, -0.1) is 0 Å². The maximum absolute atomic E-state index is 5.77. The summed E-state index contributed by atoms with van der Waals surface area (Å²) in [4.78, 5) is 14.9. The summed E-state index contributed by atoms with van der Waals surface area (Å²) in [6.45, 7) is 11.3. The average molecular weight is 281 g/mol. The van der Waals surface area contributed by atoms with Gasteiger partial charge in [-0.25, -0.2) is 0 Å². The highest BCUT2D eigenvalue weighted by atomic mass is 16.5. The summed E-state index contributed by atoms with van der Waals surface area (Å²) in [5, 5.41) is 0. The minimum Gasteiger partial charge on any atom is -0.461 e. The van der Waals surface area contributed by atoms with Crippen molar-refractivity contribution in [1.82, 2.24) is 15.0 Å². The molecule has 1 atom stereocenters. The van der Waals surface area contributed by atoms with E-state index in [1.807, 2.05) is 13.8 Å². The topological polar surface area (TPSA) is 77.2 Å². The van der Waals surface area contributed by atoms with Gasteiger partial charge in [-0.2, -0.15) is 15.0 Å². The normalized spacial score (nSPS) is 12.5. The molecular formula is C14H27N5O. The van der Waals surface area contributed by atoms with Crippen LogP contribution in [-0.2, 0) is 0 Å². The van der Waals surface area contributed by atoms with E-state index in [0.717, 1.165) is 25.8 Å². The lowest BCUT2D eigenvalue weighted by Crippen LogP contribution is -2.35. The molecule has 0 aromatic carbocycles. The first kappa shape index (κ1) is 16.5. The Kier molecular flexibility index (Phi) is 6.48. The summed E-state index contributed by atoms with van der Waals surface area (Å²) in [6.07, 6.45) is 3.26. The predicted molar refractivity (Wildman–Crippen MR) is 82.0 cm³/mol. The Morgan fingerprint density at radius 2 is 1.85 bits per heavy atom. The number of rotatable bonds is 8. The maximum Gasteiger partial charge on any atom is 0.323 e. The van der Waals surface area contributed by atoms with Crippen LogP contribution in [0.3, 0.4) is 0 Å². The van der Waals surface area contributed by atoms with Crippen molar-refractivity contribution in [2.75, 3.05) is 17.2 Å². The molecule has 0 fully saturated rings. The molecule has 1 unspecified atom stereocenters. The van der Waals surface area contributed by atoms with Crippen molar-refractivity contribution >= 4 is 11.9 Å². The van der Waals surface area contributed by atoms with Gasteiger partial charge in [0.05, 0.1) is 6.10 Å². The fraction of sp³-hybridized carbons (Fsp3) is 0.786.